The minimum absolute atomic E-state index is 0.185. The summed E-state index contributed by atoms with van der Waals surface area (Å²) < 4.78 is 26.1. The van der Waals surface area contributed by atoms with E-state index < -0.39 is 6.09 Å². The number of piperazine rings is 1. The second-order valence-corrected chi connectivity index (χ2v) is 12.7. The summed E-state index contributed by atoms with van der Waals surface area (Å²) >= 11 is 0. The van der Waals surface area contributed by atoms with Crippen LogP contribution < -0.4 is 19.9 Å². The van der Waals surface area contributed by atoms with Crippen LogP contribution in [0.15, 0.2) is 48.5 Å². The van der Waals surface area contributed by atoms with Crippen LogP contribution in [-0.2, 0) is 30.6 Å². The van der Waals surface area contributed by atoms with E-state index in [1.165, 1.54) is 5.56 Å². The number of hydrogen-bond donors (Lipinski definition) is 1. The maximum atomic E-state index is 14.3. The Hall–Kier alpha value is -4.43. The molecule has 0 spiro atoms. The van der Waals surface area contributed by atoms with Crippen LogP contribution in [0.25, 0.3) is 0 Å². The molecule has 3 aliphatic heterocycles. The molecule has 4 heterocycles. The minimum Gasteiger partial charge on any atom is -0.462 e. The van der Waals surface area contributed by atoms with Gasteiger partial charge in [-0.25, -0.2) is 9.18 Å². The molecule has 3 atom stereocenters. The van der Waals surface area contributed by atoms with Crippen molar-refractivity contribution in [2.24, 2.45) is 0 Å². The zero-order chi connectivity index (χ0) is 31.5. The van der Waals surface area contributed by atoms with E-state index in [1.54, 1.807) is 17.0 Å². The zero-order valence-electron chi connectivity index (χ0n) is 26.0. The third-order valence-corrected chi connectivity index (χ3v) is 9.74. The Balaban J connectivity index is 1.12. The molecule has 1 aromatic heterocycles. The number of aryl methyl sites for hydroxylation is 1. The van der Waals surface area contributed by atoms with Gasteiger partial charge in [0.05, 0.1) is 24.2 Å². The van der Waals surface area contributed by atoms with Crippen molar-refractivity contribution in [1.29, 1.82) is 5.26 Å². The number of benzene rings is 2. The first-order valence-corrected chi connectivity index (χ1v) is 16.5. The van der Waals surface area contributed by atoms with Gasteiger partial charge in [-0.2, -0.15) is 15.2 Å². The van der Waals surface area contributed by atoms with Crippen molar-refractivity contribution in [2.45, 2.75) is 69.7 Å². The van der Waals surface area contributed by atoms with E-state index in [1.807, 2.05) is 36.4 Å². The number of rotatable bonds is 8. The van der Waals surface area contributed by atoms with Gasteiger partial charge in [-0.3, -0.25) is 0 Å². The maximum Gasteiger partial charge on any atom is 0.410 e. The molecule has 2 saturated heterocycles. The number of nitriles is 1. The Morgan fingerprint density at radius 3 is 2.76 bits per heavy atom. The van der Waals surface area contributed by atoms with Crippen molar-refractivity contribution in [3.63, 3.8) is 0 Å². The molecule has 10 nitrogen and oxygen atoms in total. The standard InChI is InChI=1S/C35H40FN7O3/c36-26-9-8-25-7-4-16-42(32(25)19-26)28-10-11-30-31(20-28)39-34(45-23-27-13-15-38-27)40-33(30)41-17-18-43(29(21-41)12-14-37)35(44)46-22-24-5-2-1-3-6-24/h1-3,5-6,8-9,19,27-29,38H,4,7,10-13,15-18,20-23H2/t27-,28+,29-/m0/s1. The molecule has 4 aliphatic rings. The molecule has 3 aromatic rings. The van der Waals surface area contributed by atoms with Gasteiger partial charge in [0.1, 0.15) is 24.8 Å². The van der Waals surface area contributed by atoms with Crippen LogP contribution in [0.2, 0.25) is 0 Å². The van der Waals surface area contributed by atoms with Gasteiger partial charge in [0.2, 0.25) is 0 Å². The van der Waals surface area contributed by atoms with Crippen LogP contribution in [0.3, 0.4) is 0 Å². The molecule has 2 aromatic carbocycles. The van der Waals surface area contributed by atoms with Crippen LogP contribution in [0.1, 0.15) is 48.1 Å². The molecule has 1 N–H and O–H groups in total. The Kier molecular flexibility index (Phi) is 8.88. The summed E-state index contributed by atoms with van der Waals surface area (Å²) in [4.78, 5) is 29.3. The number of fused-ring (bicyclic) bond motifs is 2. The van der Waals surface area contributed by atoms with Crippen molar-refractivity contribution in [3.8, 4) is 12.1 Å². The van der Waals surface area contributed by atoms with Gasteiger partial charge in [0, 0.05) is 55.9 Å². The highest BCUT2D eigenvalue weighted by Crippen LogP contribution is 2.37. The van der Waals surface area contributed by atoms with Crippen LogP contribution in [0, 0.1) is 17.1 Å². The van der Waals surface area contributed by atoms with Crippen molar-refractivity contribution in [2.75, 3.05) is 49.1 Å². The summed E-state index contributed by atoms with van der Waals surface area (Å²) in [5.74, 6) is 0.618. The average molecular weight is 626 g/mol. The normalized spacial score (nSPS) is 22.3. The minimum atomic E-state index is -0.411. The molecular weight excluding hydrogens is 585 g/mol. The Morgan fingerprint density at radius 2 is 1.96 bits per heavy atom. The second-order valence-electron chi connectivity index (χ2n) is 12.7. The smallest absolute Gasteiger partial charge is 0.410 e. The van der Waals surface area contributed by atoms with E-state index in [0.29, 0.717) is 44.7 Å². The lowest BCUT2D eigenvalue weighted by molar-refractivity contribution is 0.0767. The third-order valence-electron chi connectivity index (χ3n) is 9.74. The average Bonchev–Trinajstić information content (AvgIpc) is 3.06. The van der Waals surface area contributed by atoms with E-state index in [4.69, 9.17) is 19.4 Å². The van der Waals surface area contributed by atoms with Gasteiger partial charge in [-0.05, 0) is 61.9 Å². The summed E-state index contributed by atoms with van der Waals surface area (Å²) in [6.45, 7) is 4.00. The quantitative estimate of drug-likeness (QED) is 0.390. The molecule has 1 amide bonds. The van der Waals surface area contributed by atoms with Crippen LogP contribution in [0.5, 0.6) is 6.01 Å². The first-order chi connectivity index (χ1) is 22.6. The number of amides is 1. The molecule has 11 heteroatoms. The predicted molar refractivity (Wildman–Crippen MR) is 171 cm³/mol. The fourth-order valence-corrected chi connectivity index (χ4v) is 7.14. The SMILES string of the molecule is N#CC[C@H]1CN(c2nc(OC[C@@H]3CCN3)nc3c2CC[C@@H](N2CCCc4ccc(F)cc42)C3)CCN1C(=O)OCc1ccccc1. The van der Waals surface area contributed by atoms with E-state index in [0.717, 1.165) is 73.5 Å². The fraction of sp³-hybridized carbons (Fsp3) is 0.486. The largest absolute Gasteiger partial charge is 0.462 e. The first kappa shape index (κ1) is 30.2. The zero-order valence-corrected chi connectivity index (χ0v) is 26.0. The van der Waals surface area contributed by atoms with Gasteiger partial charge in [-0.15, -0.1) is 0 Å². The number of anilines is 2. The van der Waals surface area contributed by atoms with Crippen molar-refractivity contribution in [1.82, 2.24) is 20.2 Å². The summed E-state index contributed by atoms with van der Waals surface area (Å²) in [7, 11) is 0. The van der Waals surface area contributed by atoms with E-state index in [-0.39, 0.29) is 30.9 Å². The number of nitrogens with one attached hydrogen (secondary N) is 1. The van der Waals surface area contributed by atoms with Gasteiger partial charge in [0.25, 0.3) is 0 Å². The van der Waals surface area contributed by atoms with Gasteiger partial charge < -0.3 is 29.5 Å². The molecule has 0 radical (unpaired) electrons. The van der Waals surface area contributed by atoms with Gasteiger partial charge in [0.15, 0.2) is 0 Å². The summed E-state index contributed by atoms with van der Waals surface area (Å²) in [6, 6.07) is 17.5. The number of halogens is 1. The monoisotopic (exact) mass is 625 g/mol. The number of carbonyl (C=O) groups is 1. The van der Waals surface area contributed by atoms with Gasteiger partial charge in [-0.1, -0.05) is 36.4 Å². The molecule has 2 fully saturated rings. The molecule has 0 bridgehead atoms. The molecule has 0 saturated carbocycles. The second kappa shape index (κ2) is 13.5. The lowest BCUT2D eigenvalue weighted by Crippen LogP contribution is -2.55. The van der Waals surface area contributed by atoms with Crippen LogP contribution in [-0.4, -0.2) is 78.4 Å². The lowest BCUT2D eigenvalue weighted by Gasteiger charge is -2.43. The number of aromatic nitrogens is 2. The summed E-state index contributed by atoms with van der Waals surface area (Å²) in [5, 5.41) is 13.1. The molecular formula is C35H40FN7O3. The van der Waals surface area contributed by atoms with E-state index >= 15 is 0 Å². The van der Waals surface area contributed by atoms with Crippen LogP contribution in [0.4, 0.5) is 20.7 Å². The number of ether oxygens (including phenoxy) is 2. The molecule has 7 rings (SSSR count). The third kappa shape index (κ3) is 6.44. The summed E-state index contributed by atoms with van der Waals surface area (Å²) in [5.41, 5.74) is 5.17. The fourth-order valence-electron chi connectivity index (χ4n) is 7.14. The highest BCUT2D eigenvalue weighted by molar-refractivity contribution is 5.69. The Bertz CT molecular complexity index is 1590. The summed E-state index contributed by atoms with van der Waals surface area (Å²) in [6.07, 6.45) is 5.24. The Labute approximate surface area is 269 Å². The van der Waals surface area contributed by atoms with E-state index in [9.17, 15) is 14.4 Å². The van der Waals surface area contributed by atoms with Crippen LogP contribution >= 0.6 is 0 Å². The molecule has 240 valence electrons. The van der Waals surface area contributed by atoms with E-state index in [2.05, 4.69) is 21.2 Å². The topological polar surface area (TPSA) is 107 Å². The molecule has 46 heavy (non-hydrogen) atoms. The maximum absolute atomic E-state index is 14.3. The van der Waals surface area contributed by atoms with Crippen molar-refractivity contribution in [3.05, 3.63) is 76.7 Å². The molecule has 1 aliphatic carbocycles. The number of carbonyl (C=O) groups excluding carboxylic acids is 1. The van der Waals surface area contributed by atoms with Gasteiger partial charge >= 0.3 is 12.1 Å². The highest BCUT2D eigenvalue weighted by Gasteiger charge is 2.36. The number of hydrogen-bond acceptors (Lipinski definition) is 9. The predicted octanol–water partition coefficient (Wildman–Crippen LogP) is 4.41. The lowest BCUT2D eigenvalue weighted by atomic mass is 9.88. The number of nitrogens with zero attached hydrogens (tertiary/aromatic N) is 6. The first-order valence-electron chi connectivity index (χ1n) is 16.5. The van der Waals surface area contributed by atoms with Crippen molar-refractivity contribution < 1.29 is 18.7 Å². The highest BCUT2D eigenvalue weighted by atomic mass is 19.1. The Morgan fingerprint density at radius 1 is 1.09 bits per heavy atom. The molecule has 0 unspecified atom stereocenters. The van der Waals surface area contributed by atoms with Crippen molar-refractivity contribution >= 4 is 17.6 Å².